The SMILES string of the molecule is Cc1ccc(C)c(CNC2CCOCC2C)c1. The molecule has 1 heterocycles. The van der Waals surface area contributed by atoms with Crippen molar-refractivity contribution in [2.45, 2.75) is 39.8 Å². The Morgan fingerprint density at radius 3 is 2.94 bits per heavy atom. The van der Waals surface area contributed by atoms with Crippen LogP contribution in [0.5, 0.6) is 0 Å². The molecule has 1 aromatic rings. The molecule has 0 spiro atoms. The van der Waals surface area contributed by atoms with E-state index in [1.807, 2.05) is 0 Å². The molecule has 17 heavy (non-hydrogen) atoms. The quantitative estimate of drug-likeness (QED) is 0.867. The van der Waals surface area contributed by atoms with Gasteiger partial charge in [0.05, 0.1) is 6.61 Å². The monoisotopic (exact) mass is 233 g/mol. The fraction of sp³-hybridized carbons (Fsp3) is 0.600. The summed E-state index contributed by atoms with van der Waals surface area (Å²) in [6.07, 6.45) is 1.13. The summed E-state index contributed by atoms with van der Waals surface area (Å²) in [4.78, 5) is 0. The number of rotatable bonds is 3. The van der Waals surface area contributed by atoms with Crippen LogP contribution in [-0.2, 0) is 11.3 Å². The zero-order valence-electron chi connectivity index (χ0n) is 11.1. The van der Waals surface area contributed by atoms with Gasteiger partial charge in [-0.25, -0.2) is 0 Å². The lowest BCUT2D eigenvalue weighted by Crippen LogP contribution is -2.41. The number of benzene rings is 1. The number of ether oxygens (including phenoxy) is 1. The topological polar surface area (TPSA) is 21.3 Å². The van der Waals surface area contributed by atoms with E-state index in [1.165, 1.54) is 16.7 Å². The lowest BCUT2D eigenvalue weighted by atomic mass is 9.97. The highest BCUT2D eigenvalue weighted by molar-refractivity contribution is 5.30. The van der Waals surface area contributed by atoms with Crippen molar-refractivity contribution in [3.05, 3.63) is 34.9 Å². The number of hydrogen-bond acceptors (Lipinski definition) is 2. The Balaban J connectivity index is 1.94. The average Bonchev–Trinajstić information content (AvgIpc) is 2.32. The van der Waals surface area contributed by atoms with Gasteiger partial charge in [-0.1, -0.05) is 30.7 Å². The molecule has 0 aromatic heterocycles. The van der Waals surface area contributed by atoms with Crippen LogP contribution in [0.4, 0.5) is 0 Å². The molecular formula is C15H23NO. The number of aryl methyl sites for hydroxylation is 2. The largest absolute Gasteiger partial charge is 0.381 e. The van der Waals surface area contributed by atoms with Gasteiger partial charge in [0.25, 0.3) is 0 Å². The van der Waals surface area contributed by atoms with Crippen molar-refractivity contribution in [3.63, 3.8) is 0 Å². The molecule has 2 nitrogen and oxygen atoms in total. The van der Waals surface area contributed by atoms with Gasteiger partial charge in [-0.3, -0.25) is 0 Å². The highest BCUT2D eigenvalue weighted by Gasteiger charge is 2.21. The molecule has 1 aromatic carbocycles. The highest BCUT2D eigenvalue weighted by atomic mass is 16.5. The molecule has 0 saturated carbocycles. The van der Waals surface area contributed by atoms with E-state index in [2.05, 4.69) is 44.3 Å². The summed E-state index contributed by atoms with van der Waals surface area (Å²) in [5, 5.41) is 3.68. The lowest BCUT2D eigenvalue weighted by Gasteiger charge is -2.30. The van der Waals surface area contributed by atoms with Crippen molar-refractivity contribution < 1.29 is 4.74 Å². The first-order chi connectivity index (χ1) is 8.16. The first-order valence-corrected chi connectivity index (χ1v) is 6.54. The highest BCUT2D eigenvalue weighted by Crippen LogP contribution is 2.16. The summed E-state index contributed by atoms with van der Waals surface area (Å²) in [7, 11) is 0. The minimum absolute atomic E-state index is 0.601. The minimum Gasteiger partial charge on any atom is -0.381 e. The van der Waals surface area contributed by atoms with Gasteiger partial charge in [0.1, 0.15) is 0 Å². The van der Waals surface area contributed by atoms with E-state index in [0.29, 0.717) is 12.0 Å². The van der Waals surface area contributed by atoms with Crippen molar-refractivity contribution in [1.82, 2.24) is 5.32 Å². The Bertz CT molecular complexity index is 375. The Morgan fingerprint density at radius 1 is 1.35 bits per heavy atom. The summed E-state index contributed by atoms with van der Waals surface area (Å²) in [6, 6.07) is 7.27. The van der Waals surface area contributed by atoms with E-state index in [1.54, 1.807) is 0 Å². The first-order valence-electron chi connectivity index (χ1n) is 6.54. The lowest BCUT2D eigenvalue weighted by molar-refractivity contribution is 0.0386. The fourth-order valence-electron chi connectivity index (χ4n) is 2.42. The Hall–Kier alpha value is -0.860. The summed E-state index contributed by atoms with van der Waals surface area (Å²) in [5.41, 5.74) is 4.14. The number of nitrogens with one attached hydrogen (secondary N) is 1. The number of hydrogen-bond donors (Lipinski definition) is 1. The van der Waals surface area contributed by atoms with Gasteiger partial charge in [0, 0.05) is 19.2 Å². The van der Waals surface area contributed by atoms with Gasteiger partial charge >= 0.3 is 0 Å². The molecule has 0 radical (unpaired) electrons. The maximum absolute atomic E-state index is 5.47. The molecule has 1 N–H and O–H groups in total. The second-order valence-corrected chi connectivity index (χ2v) is 5.26. The van der Waals surface area contributed by atoms with E-state index in [9.17, 15) is 0 Å². The van der Waals surface area contributed by atoms with Crippen LogP contribution in [0.15, 0.2) is 18.2 Å². The van der Waals surface area contributed by atoms with E-state index >= 15 is 0 Å². The van der Waals surface area contributed by atoms with Crippen LogP contribution in [0.3, 0.4) is 0 Å². The van der Waals surface area contributed by atoms with Crippen LogP contribution in [0.25, 0.3) is 0 Å². The van der Waals surface area contributed by atoms with Gasteiger partial charge in [-0.05, 0) is 37.3 Å². The van der Waals surface area contributed by atoms with Gasteiger partial charge in [0.15, 0.2) is 0 Å². The molecule has 2 heteroatoms. The molecule has 1 saturated heterocycles. The average molecular weight is 233 g/mol. The van der Waals surface area contributed by atoms with Crippen LogP contribution in [0.1, 0.15) is 30.0 Å². The molecule has 2 rings (SSSR count). The van der Waals surface area contributed by atoms with Crippen molar-refractivity contribution in [1.29, 1.82) is 0 Å². The van der Waals surface area contributed by atoms with Crippen LogP contribution in [-0.4, -0.2) is 19.3 Å². The molecule has 0 aliphatic carbocycles. The van der Waals surface area contributed by atoms with Crippen molar-refractivity contribution >= 4 is 0 Å². The second kappa shape index (κ2) is 5.65. The second-order valence-electron chi connectivity index (χ2n) is 5.26. The molecule has 2 unspecified atom stereocenters. The van der Waals surface area contributed by atoms with Crippen LogP contribution < -0.4 is 5.32 Å². The fourth-order valence-corrected chi connectivity index (χ4v) is 2.42. The van der Waals surface area contributed by atoms with Gasteiger partial charge in [-0.2, -0.15) is 0 Å². The third kappa shape index (κ3) is 3.30. The zero-order chi connectivity index (χ0) is 12.3. The van der Waals surface area contributed by atoms with Crippen molar-refractivity contribution in [3.8, 4) is 0 Å². The maximum Gasteiger partial charge on any atom is 0.0506 e. The minimum atomic E-state index is 0.601. The van der Waals surface area contributed by atoms with Crippen LogP contribution >= 0.6 is 0 Å². The molecule has 0 bridgehead atoms. The first kappa shape index (κ1) is 12.6. The van der Waals surface area contributed by atoms with Crippen LogP contribution in [0, 0.1) is 19.8 Å². The Morgan fingerprint density at radius 2 is 2.18 bits per heavy atom. The van der Waals surface area contributed by atoms with Gasteiger partial charge in [-0.15, -0.1) is 0 Å². The molecule has 1 aliphatic rings. The predicted molar refractivity (Wildman–Crippen MR) is 71.1 cm³/mol. The third-order valence-electron chi connectivity index (χ3n) is 3.70. The summed E-state index contributed by atoms with van der Waals surface area (Å²) in [5.74, 6) is 0.619. The van der Waals surface area contributed by atoms with E-state index in [-0.39, 0.29) is 0 Å². The standard InChI is InChI=1S/C15H23NO/c1-11-4-5-12(2)14(8-11)9-16-15-6-7-17-10-13(15)3/h4-5,8,13,15-16H,6-7,9-10H2,1-3H3. The smallest absolute Gasteiger partial charge is 0.0506 e. The Kier molecular flexibility index (Phi) is 4.19. The third-order valence-corrected chi connectivity index (χ3v) is 3.70. The molecule has 1 fully saturated rings. The van der Waals surface area contributed by atoms with Crippen molar-refractivity contribution in [2.75, 3.05) is 13.2 Å². The van der Waals surface area contributed by atoms with Crippen molar-refractivity contribution in [2.24, 2.45) is 5.92 Å². The van der Waals surface area contributed by atoms with E-state index in [4.69, 9.17) is 4.74 Å². The normalized spacial score (nSPS) is 24.9. The molecule has 0 amide bonds. The Labute approximate surface area is 104 Å². The van der Waals surface area contributed by atoms with E-state index in [0.717, 1.165) is 26.2 Å². The maximum atomic E-state index is 5.47. The molecule has 1 aliphatic heterocycles. The van der Waals surface area contributed by atoms with E-state index < -0.39 is 0 Å². The summed E-state index contributed by atoms with van der Waals surface area (Å²) in [6.45, 7) is 9.37. The summed E-state index contributed by atoms with van der Waals surface area (Å²) >= 11 is 0. The predicted octanol–water partition coefficient (Wildman–Crippen LogP) is 2.82. The molecule has 2 atom stereocenters. The van der Waals surface area contributed by atoms with Gasteiger partial charge < -0.3 is 10.1 Å². The van der Waals surface area contributed by atoms with Gasteiger partial charge in [0.2, 0.25) is 0 Å². The summed E-state index contributed by atoms with van der Waals surface area (Å²) < 4.78 is 5.47. The molecule has 94 valence electrons. The zero-order valence-corrected chi connectivity index (χ0v) is 11.1. The molecular weight excluding hydrogens is 210 g/mol. The van der Waals surface area contributed by atoms with Crippen LogP contribution in [0.2, 0.25) is 0 Å².